The van der Waals surface area contributed by atoms with Gasteiger partial charge in [0.1, 0.15) is 11.8 Å². The maximum Gasteiger partial charge on any atom is 0.335 e. The molecule has 120 valence electrons. The molecule has 1 aromatic carbocycles. The Kier molecular flexibility index (Phi) is 4.54. The Hall–Kier alpha value is -3.03. The van der Waals surface area contributed by atoms with Crippen LogP contribution in [0.25, 0.3) is 0 Å². The minimum absolute atomic E-state index is 0.0957. The van der Waals surface area contributed by atoms with Crippen LogP contribution < -0.4 is 4.74 Å². The van der Waals surface area contributed by atoms with Gasteiger partial charge in [-0.3, -0.25) is 24.6 Å². The summed E-state index contributed by atoms with van der Waals surface area (Å²) in [6, 6.07) is 3.88. The van der Waals surface area contributed by atoms with Crippen LogP contribution in [0.1, 0.15) is 13.8 Å². The van der Waals surface area contributed by atoms with Crippen LogP contribution in [0.15, 0.2) is 36.4 Å². The van der Waals surface area contributed by atoms with Crippen LogP contribution in [0.3, 0.4) is 0 Å². The number of non-ortho nitro benzene ring substituents is 1. The van der Waals surface area contributed by atoms with Crippen molar-refractivity contribution in [1.82, 2.24) is 4.90 Å². The number of nitrogens with zero attached hydrogens (tertiary/aromatic N) is 2. The molecule has 1 heterocycles. The van der Waals surface area contributed by atoms with Crippen molar-refractivity contribution in [2.24, 2.45) is 5.92 Å². The number of carbonyl (C=O) groups is 3. The van der Waals surface area contributed by atoms with Crippen molar-refractivity contribution in [3.05, 3.63) is 46.5 Å². The lowest BCUT2D eigenvalue weighted by Crippen LogP contribution is -2.49. The molecule has 1 atom stereocenters. The second-order valence-corrected chi connectivity index (χ2v) is 5.24. The first kappa shape index (κ1) is 16.3. The molecule has 2 rings (SSSR count). The Labute approximate surface area is 131 Å². The number of amides is 2. The van der Waals surface area contributed by atoms with Gasteiger partial charge in [-0.2, -0.15) is 0 Å². The largest absolute Gasteiger partial charge is 0.425 e. The number of rotatable bonds is 5. The highest BCUT2D eigenvalue weighted by Gasteiger charge is 2.39. The molecular weight excluding hydrogens is 304 g/mol. The van der Waals surface area contributed by atoms with E-state index in [1.165, 1.54) is 24.3 Å². The first-order valence-corrected chi connectivity index (χ1v) is 6.82. The molecule has 0 aliphatic carbocycles. The number of imide groups is 1. The predicted molar refractivity (Wildman–Crippen MR) is 78.4 cm³/mol. The zero-order valence-corrected chi connectivity index (χ0v) is 12.5. The number of benzene rings is 1. The summed E-state index contributed by atoms with van der Waals surface area (Å²) >= 11 is 0. The van der Waals surface area contributed by atoms with Crippen LogP contribution in [0.5, 0.6) is 5.75 Å². The van der Waals surface area contributed by atoms with Crippen molar-refractivity contribution < 1.29 is 24.0 Å². The number of esters is 1. The number of nitro groups is 1. The van der Waals surface area contributed by atoms with Crippen molar-refractivity contribution in [3.63, 3.8) is 0 Å². The van der Waals surface area contributed by atoms with Gasteiger partial charge >= 0.3 is 5.97 Å². The highest BCUT2D eigenvalue weighted by Crippen LogP contribution is 2.21. The summed E-state index contributed by atoms with van der Waals surface area (Å²) in [5, 5.41) is 10.6. The lowest BCUT2D eigenvalue weighted by Gasteiger charge is -2.27. The molecule has 1 aliphatic heterocycles. The highest BCUT2D eigenvalue weighted by atomic mass is 16.6. The van der Waals surface area contributed by atoms with Crippen molar-refractivity contribution >= 4 is 23.5 Å². The van der Waals surface area contributed by atoms with E-state index in [9.17, 15) is 24.5 Å². The Balaban J connectivity index is 2.17. The second kappa shape index (κ2) is 6.39. The smallest absolute Gasteiger partial charge is 0.335 e. The van der Waals surface area contributed by atoms with Crippen LogP contribution in [0.2, 0.25) is 0 Å². The van der Waals surface area contributed by atoms with E-state index in [1.54, 1.807) is 13.8 Å². The quantitative estimate of drug-likeness (QED) is 0.267. The van der Waals surface area contributed by atoms with Crippen molar-refractivity contribution in [3.8, 4) is 5.75 Å². The topological polar surface area (TPSA) is 107 Å². The second-order valence-electron chi connectivity index (χ2n) is 5.24. The Morgan fingerprint density at radius 1 is 1.13 bits per heavy atom. The molecule has 1 aliphatic rings. The van der Waals surface area contributed by atoms with E-state index >= 15 is 0 Å². The Morgan fingerprint density at radius 3 is 2.09 bits per heavy atom. The standard InChI is InChI=1S/C15H14N2O6/c1-9(2)14(16-12(18)7-8-13(16)19)15(20)23-11-5-3-10(4-6-11)17(21)22/h3-9,14H,1-2H3/t14-/m1/s1. The van der Waals surface area contributed by atoms with Crippen molar-refractivity contribution in [1.29, 1.82) is 0 Å². The normalized spacial score (nSPS) is 15.2. The SMILES string of the molecule is CC(C)[C@H](C(=O)Oc1ccc([N+](=O)[O-])cc1)N1C(=O)C=CC1=O. The van der Waals surface area contributed by atoms with Crippen LogP contribution >= 0.6 is 0 Å². The summed E-state index contributed by atoms with van der Waals surface area (Å²) in [5.41, 5.74) is -0.140. The van der Waals surface area contributed by atoms with Crippen molar-refractivity contribution in [2.75, 3.05) is 0 Å². The first-order valence-electron chi connectivity index (χ1n) is 6.82. The summed E-state index contributed by atoms with van der Waals surface area (Å²) in [4.78, 5) is 46.7. The van der Waals surface area contributed by atoms with Gasteiger partial charge in [0.25, 0.3) is 17.5 Å². The molecule has 0 saturated heterocycles. The average molecular weight is 318 g/mol. The molecule has 2 amide bonds. The number of ether oxygens (including phenoxy) is 1. The predicted octanol–water partition coefficient (Wildman–Crippen LogP) is 1.45. The van der Waals surface area contributed by atoms with Gasteiger partial charge in [-0.15, -0.1) is 0 Å². The summed E-state index contributed by atoms with van der Waals surface area (Å²) < 4.78 is 5.15. The molecule has 0 fully saturated rings. The molecule has 0 spiro atoms. The Morgan fingerprint density at radius 2 is 1.65 bits per heavy atom. The van der Waals surface area contributed by atoms with Gasteiger partial charge in [-0.25, -0.2) is 4.79 Å². The zero-order valence-electron chi connectivity index (χ0n) is 12.5. The van der Waals surface area contributed by atoms with E-state index in [2.05, 4.69) is 0 Å². The zero-order chi connectivity index (χ0) is 17.1. The third kappa shape index (κ3) is 3.42. The molecule has 0 radical (unpaired) electrons. The number of carbonyl (C=O) groups excluding carboxylic acids is 3. The fraction of sp³-hybridized carbons (Fsp3) is 0.267. The van der Waals surface area contributed by atoms with Gasteiger partial charge in [-0.1, -0.05) is 13.8 Å². The Bertz CT molecular complexity index is 674. The maximum absolute atomic E-state index is 12.3. The highest BCUT2D eigenvalue weighted by molar-refractivity contribution is 6.14. The number of hydrogen-bond acceptors (Lipinski definition) is 6. The van der Waals surface area contributed by atoms with E-state index < -0.39 is 28.7 Å². The van der Waals surface area contributed by atoms with Gasteiger partial charge in [0.05, 0.1) is 4.92 Å². The number of nitro benzene ring substituents is 1. The lowest BCUT2D eigenvalue weighted by molar-refractivity contribution is -0.384. The van der Waals surface area contributed by atoms with Crippen LogP contribution in [-0.2, 0) is 14.4 Å². The molecule has 1 aromatic rings. The van der Waals surface area contributed by atoms with E-state index in [-0.39, 0.29) is 17.4 Å². The summed E-state index contributed by atoms with van der Waals surface area (Å²) in [5.74, 6) is -2.19. The monoisotopic (exact) mass is 318 g/mol. The van der Waals surface area contributed by atoms with Crippen molar-refractivity contribution in [2.45, 2.75) is 19.9 Å². The van der Waals surface area contributed by atoms with E-state index in [0.29, 0.717) is 0 Å². The molecule has 0 aromatic heterocycles. The summed E-state index contributed by atoms with van der Waals surface area (Å²) in [6.07, 6.45) is 2.19. The molecule has 8 heteroatoms. The van der Waals surface area contributed by atoms with Gasteiger partial charge in [0.15, 0.2) is 0 Å². The molecule has 0 unspecified atom stereocenters. The molecule has 0 N–H and O–H groups in total. The maximum atomic E-state index is 12.3. The van der Waals surface area contributed by atoms with E-state index in [1.807, 2.05) is 0 Å². The third-order valence-corrected chi connectivity index (χ3v) is 3.26. The molecule has 0 saturated carbocycles. The molecule has 8 nitrogen and oxygen atoms in total. The van der Waals surface area contributed by atoms with Gasteiger partial charge in [-0.05, 0) is 18.1 Å². The van der Waals surface area contributed by atoms with Crippen LogP contribution in [0, 0.1) is 16.0 Å². The molecular formula is C15H14N2O6. The van der Waals surface area contributed by atoms with Gasteiger partial charge in [0, 0.05) is 24.3 Å². The summed E-state index contributed by atoms with van der Waals surface area (Å²) in [7, 11) is 0. The van der Waals surface area contributed by atoms with E-state index in [0.717, 1.165) is 17.1 Å². The minimum atomic E-state index is -1.07. The summed E-state index contributed by atoms with van der Waals surface area (Å²) in [6.45, 7) is 3.36. The number of hydrogen-bond donors (Lipinski definition) is 0. The van der Waals surface area contributed by atoms with E-state index in [4.69, 9.17) is 4.74 Å². The average Bonchev–Trinajstić information content (AvgIpc) is 2.80. The van der Waals surface area contributed by atoms with Crippen LogP contribution in [-0.4, -0.2) is 33.6 Å². The third-order valence-electron chi connectivity index (χ3n) is 3.26. The first-order chi connectivity index (χ1) is 10.8. The minimum Gasteiger partial charge on any atom is -0.425 e. The fourth-order valence-corrected chi connectivity index (χ4v) is 2.17. The van der Waals surface area contributed by atoms with Gasteiger partial charge in [0.2, 0.25) is 0 Å². The lowest BCUT2D eigenvalue weighted by atomic mass is 10.0. The fourth-order valence-electron chi connectivity index (χ4n) is 2.17. The van der Waals surface area contributed by atoms with Crippen LogP contribution in [0.4, 0.5) is 5.69 Å². The molecule has 0 bridgehead atoms. The molecule has 23 heavy (non-hydrogen) atoms. The van der Waals surface area contributed by atoms with Gasteiger partial charge < -0.3 is 4.74 Å².